The van der Waals surface area contributed by atoms with Gasteiger partial charge >= 0.3 is 5.97 Å². The lowest BCUT2D eigenvalue weighted by atomic mass is 10.2. The molecule has 0 fully saturated rings. The van der Waals surface area contributed by atoms with Gasteiger partial charge in [-0.25, -0.2) is 9.78 Å². The Morgan fingerprint density at radius 1 is 1.23 bits per heavy atom. The maximum atomic E-state index is 12.7. The average molecular weight is 412 g/mol. The predicted octanol–water partition coefficient (Wildman–Crippen LogP) is 2.37. The van der Waals surface area contributed by atoms with Crippen LogP contribution in [0.1, 0.15) is 37.6 Å². The molecule has 30 heavy (non-hydrogen) atoms. The maximum Gasteiger partial charge on any atom is 0.338 e. The fourth-order valence-corrected chi connectivity index (χ4v) is 2.94. The summed E-state index contributed by atoms with van der Waals surface area (Å²) in [5.41, 5.74) is 6.60. The van der Waals surface area contributed by atoms with Crippen LogP contribution >= 0.6 is 0 Å². The van der Waals surface area contributed by atoms with E-state index in [1.807, 2.05) is 6.92 Å². The summed E-state index contributed by atoms with van der Waals surface area (Å²) in [6.07, 6.45) is -0.461. The first-order chi connectivity index (χ1) is 14.3. The van der Waals surface area contributed by atoms with E-state index in [0.29, 0.717) is 23.4 Å². The molecule has 1 atom stereocenters. The van der Waals surface area contributed by atoms with Gasteiger partial charge in [-0.05, 0) is 56.7 Å². The maximum absolute atomic E-state index is 12.7. The van der Waals surface area contributed by atoms with E-state index in [9.17, 15) is 14.4 Å². The highest BCUT2D eigenvalue weighted by molar-refractivity contribution is 6.05. The summed E-state index contributed by atoms with van der Waals surface area (Å²) in [5.74, 6) is -0.386. The molecule has 1 aromatic carbocycles. The fourth-order valence-electron chi connectivity index (χ4n) is 2.94. The van der Waals surface area contributed by atoms with Gasteiger partial charge < -0.3 is 20.5 Å². The molecule has 0 spiro atoms. The summed E-state index contributed by atoms with van der Waals surface area (Å²) in [4.78, 5) is 42.6. The van der Waals surface area contributed by atoms with Crippen molar-refractivity contribution >= 4 is 35.1 Å². The number of ether oxygens (including phenoxy) is 2. The molecule has 2 aromatic rings. The Hall–Kier alpha value is -3.62. The number of rotatable bonds is 6. The number of nitrogen functional groups attached to an aromatic ring is 1. The zero-order valence-electron chi connectivity index (χ0n) is 17.0. The van der Waals surface area contributed by atoms with Crippen molar-refractivity contribution in [1.29, 1.82) is 0 Å². The van der Waals surface area contributed by atoms with E-state index in [1.165, 1.54) is 4.90 Å². The molecular weight excluding hydrogens is 388 g/mol. The molecule has 0 saturated heterocycles. The van der Waals surface area contributed by atoms with Gasteiger partial charge in [-0.2, -0.15) is 0 Å². The molecule has 1 aliphatic rings. The van der Waals surface area contributed by atoms with E-state index in [1.54, 1.807) is 50.2 Å². The molecule has 3 N–H and O–H groups in total. The average Bonchev–Trinajstić information content (AvgIpc) is 2.70. The van der Waals surface area contributed by atoms with E-state index in [0.717, 1.165) is 0 Å². The molecule has 0 aliphatic carbocycles. The number of carbonyl (C=O) groups excluding carboxylic acids is 3. The molecule has 2 amide bonds. The molecule has 1 unspecified atom stereocenters. The Bertz CT molecular complexity index is 958. The molecule has 9 nitrogen and oxygen atoms in total. The third-order valence-corrected chi connectivity index (χ3v) is 4.35. The second-order valence-corrected chi connectivity index (χ2v) is 7.08. The lowest BCUT2D eigenvalue weighted by Crippen LogP contribution is -2.49. The third-order valence-electron chi connectivity index (χ3n) is 4.35. The molecule has 1 aromatic heterocycles. The van der Waals surface area contributed by atoms with E-state index in [4.69, 9.17) is 15.2 Å². The number of anilines is 3. The SMILES string of the molecule is CCC1Oc2ccc(N)nc2N(CC(=O)Nc2ccc(C(=O)OC(C)C)cc2)C1=O. The van der Waals surface area contributed by atoms with Crippen LogP contribution in [0, 0.1) is 0 Å². The topological polar surface area (TPSA) is 124 Å². The van der Waals surface area contributed by atoms with Gasteiger partial charge in [0, 0.05) is 5.69 Å². The van der Waals surface area contributed by atoms with Crippen LogP contribution in [-0.2, 0) is 14.3 Å². The van der Waals surface area contributed by atoms with E-state index in [2.05, 4.69) is 10.3 Å². The third kappa shape index (κ3) is 4.68. The van der Waals surface area contributed by atoms with Crippen molar-refractivity contribution < 1.29 is 23.9 Å². The Morgan fingerprint density at radius 2 is 1.93 bits per heavy atom. The van der Waals surface area contributed by atoms with E-state index in [-0.39, 0.29) is 30.2 Å². The van der Waals surface area contributed by atoms with Crippen LogP contribution in [0.5, 0.6) is 5.75 Å². The van der Waals surface area contributed by atoms with Crippen molar-refractivity contribution in [2.75, 3.05) is 22.5 Å². The molecule has 0 saturated carbocycles. The van der Waals surface area contributed by atoms with E-state index < -0.39 is 18.0 Å². The van der Waals surface area contributed by atoms with Crippen LogP contribution in [0.3, 0.4) is 0 Å². The van der Waals surface area contributed by atoms with Crippen LogP contribution in [0.4, 0.5) is 17.3 Å². The van der Waals surface area contributed by atoms with Crippen molar-refractivity contribution in [3.63, 3.8) is 0 Å². The number of esters is 1. The van der Waals surface area contributed by atoms with Gasteiger partial charge in [0.2, 0.25) is 5.91 Å². The summed E-state index contributed by atoms with van der Waals surface area (Å²) in [5, 5.41) is 2.71. The second kappa shape index (κ2) is 8.81. The van der Waals surface area contributed by atoms with Crippen molar-refractivity contribution in [3.05, 3.63) is 42.0 Å². The highest BCUT2D eigenvalue weighted by Gasteiger charge is 2.35. The van der Waals surface area contributed by atoms with Crippen molar-refractivity contribution in [2.24, 2.45) is 0 Å². The molecule has 1 aliphatic heterocycles. The number of amides is 2. The zero-order chi connectivity index (χ0) is 21.8. The van der Waals surface area contributed by atoms with Crippen molar-refractivity contribution in [3.8, 4) is 5.75 Å². The van der Waals surface area contributed by atoms with Gasteiger partial charge in [-0.15, -0.1) is 0 Å². The van der Waals surface area contributed by atoms with Crippen molar-refractivity contribution in [1.82, 2.24) is 4.98 Å². The monoisotopic (exact) mass is 412 g/mol. The molecule has 0 bridgehead atoms. The first-order valence-corrected chi connectivity index (χ1v) is 9.64. The van der Waals surface area contributed by atoms with Gasteiger partial charge in [-0.1, -0.05) is 6.92 Å². The summed E-state index contributed by atoms with van der Waals surface area (Å²) >= 11 is 0. The number of nitrogens with two attached hydrogens (primary N) is 1. The smallest absolute Gasteiger partial charge is 0.338 e. The van der Waals surface area contributed by atoms with Crippen LogP contribution in [0.2, 0.25) is 0 Å². The normalized spacial score (nSPS) is 15.4. The van der Waals surface area contributed by atoms with Gasteiger partial charge in [0.05, 0.1) is 11.7 Å². The van der Waals surface area contributed by atoms with Gasteiger partial charge in [0.1, 0.15) is 12.4 Å². The van der Waals surface area contributed by atoms with Crippen LogP contribution < -0.4 is 20.7 Å². The van der Waals surface area contributed by atoms with Crippen molar-refractivity contribution in [2.45, 2.75) is 39.4 Å². The Labute approximate surface area is 174 Å². The Balaban J connectivity index is 1.72. The van der Waals surface area contributed by atoms with Crippen LogP contribution in [0.25, 0.3) is 0 Å². The van der Waals surface area contributed by atoms with Gasteiger partial charge in [-0.3, -0.25) is 14.5 Å². The summed E-state index contributed by atoms with van der Waals surface area (Å²) < 4.78 is 10.8. The van der Waals surface area contributed by atoms with Crippen LogP contribution in [-0.4, -0.2) is 41.5 Å². The molecule has 9 heteroatoms. The minimum atomic E-state index is -0.693. The van der Waals surface area contributed by atoms with E-state index >= 15 is 0 Å². The summed E-state index contributed by atoms with van der Waals surface area (Å²) in [6, 6.07) is 9.51. The quantitative estimate of drug-likeness (QED) is 0.698. The molecule has 2 heterocycles. The minimum Gasteiger partial charge on any atom is -0.477 e. The van der Waals surface area contributed by atoms with Gasteiger partial charge in [0.15, 0.2) is 17.7 Å². The molecule has 0 radical (unpaired) electrons. The number of fused-ring (bicyclic) bond motifs is 1. The van der Waals surface area contributed by atoms with Crippen LogP contribution in [0.15, 0.2) is 36.4 Å². The number of pyridine rings is 1. The summed E-state index contributed by atoms with van der Waals surface area (Å²) in [6.45, 7) is 5.11. The standard InChI is InChI=1S/C21H24N4O5/c1-4-15-20(27)25(19-16(30-15)9-10-17(22)24-19)11-18(26)23-14-7-5-13(6-8-14)21(28)29-12(2)3/h5-10,12,15H,4,11H2,1-3H3,(H2,22,24)(H,23,26). The number of hydrogen-bond acceptors (Lipinski definition) is 7. The highest BCUT2D eigenvalue weighted by atomic mass is 16.5. The lowest BCUT2D eigenvalue weighted by Gasteiger charge is -2.32. The van der Waals surface area contributed by atoms with Gasteiger partial charge in [0.25, 0.3) is 5.91 Å². The molecular formula is C21H24N4O5. The number of benzene rings is 1. The molecule has 158 valence electrons. The number of carbonyl (C=O) groups is 3. The zero-order valence-corrected chi connectivity index (χ0v) is 17.0. The largest absolute Gasteiger partial charge is 0.477 e. The number of aromatic nitrogens is 1. The second-order valence-electron chi connectivity index (χ2n) is 7.08. The summed E-state index contributed by atoms with van der Waals surface area (Å²) in [7, 11) is 0. The number of hydrogen-bond donors (Lipinski definition) is 2. The fraction of sp³-hybridized carbons (Fsp3) is 0.333. The first-order valence-electron chi connectivity index (χ1n) is 9.64. The first kappa shape index (κ1) is 21.1. The molecule has 3 rings (SSSR count). The highest BCUT2D eigenvalue weighted by Crippen LogP contribution is 2.33. The Kier molecular flexibility index (Phi) is 6.20. The predicted molar refractivity (Wildman–Crippen MR) is 111 cm³/mol. The number of nitrogens with one attached hydrogen (secondary N) is 1. The minimum absolute atomic E-state index is 0.214. The lowest BCUT2D eigenvalue weighted by molar-refractivity contribution is -0.128. The number of nitrogens with zero attached hydrogens (tertiary/aromatic N) is 2. The Morgan fingerprint density at radius 3 is 2.57 bits per heavy atom.